The molecule has 0 fully saturated rings. The number of carbonyl (C=O) groups excluding carboxylic acids is 1. The fraction of sp³-hybridized carbons (Fsp3) is 0.348. The van der Waals surface area contributed by atoms with Crippen molar-refractivity contribution in [2.75, 3.05) is 0 Å². The van der Waals surface area contributed by atoms with Crippen LogP contribution in [0.3, 0.4) is 0 Å². The maximum Gasteiger partial charge on any atom is 0.130 e. The van der Waals surface area contributed by atoms with Crippen molar-refractivity contribution < 1.29 is 4.79 Å². The summed E-state index contributed by atoms with van der Waals surface area (Å²) in [6.07, 6.45) is 5.41. The predicted octanol–water partition coefficient (Wildman–Crippen LogP) is 4.57. The number of hydrogen-bond acceptors (Lipinski definition) is 3. The lowest BCUT2D eigenvalue weighted by Gasteiger charge is -2.28. The first-order chi connectivity index (χ1) is 13.1. The highest BCUT2D eigenvalue weighted by Gasteiger charge is 2.25. The Bertz CT molecular complexity index is 803. The minimum atomic E-state index is 0.221. The van der Waals surface area contributed by atoms with Gasteiger partial charge in [0.25, 0.3) is 0 Å². The van der Waals surface area contributed by atoms with E-state index in [-0.39, 0.29) is 17.6 Å². The van der Waals surface area contributed by atoms with Crippen LogP contribution in [0.25, 0.3) is 0 Å². The van der Waals surface area contributed by atoms with Crippen LogP contribution in [0.15, 0.2) is 66.9 Å². The average Bonchev–Trinajstić information content (AvgIpc) is 3.08. The fourth-order valence-corrected chi connectivity index (χ4v) is 3.87. The molecule has 1 atom stereocenters. The van der Waals surface area contributed by atoms with Gasteiger partial charge in [-0.25, -0.2) is 0 Å². The van der Waals surface area contributed by atoms with Crippen LogP contribution in [0.1, 0.15) is 48.9 Å². The molecule has 3 rings (SSSR count). The largest absolute Gasteiger partial charge is 0.300 e. The number of hydrogen-bond donors (Lipinski definition) is 0. The minimum Gasteiger partial charge on any atom is -0.300 e. The van der Waals surface area contributed by atoms with Gasteiger partial charge in [-0.3, -0.25) is 4.68 Å². The van der Waals surface area contributed by atoms with Crippen molar-refractivity contribution >= 4 is 5.78 Å². The molecule has 0 amide bonds. The maximum atomic E-state index is 12.0. The summed E-state index contributed by atoms with van der Waals surface area (Å²) < 4.78 is 1.74. The van der Waals surface area contributed by atoms with Gasteiger partial charge in [0, 0.05) is 25.6 Å². The third-order valence-electron chi connectivity index (χ3n) is 5.00. The van der Waals surface area contributed by atoms with E-state index in [1.807, 2.05) is 25.4 Å². The molecule has 1 heterocycles. The van der Waals surface area contributed by atoms with Crippen molar-refractivity contribution in [2.24, 2.45) is 13.0 Å². The number of rotatable bonds is 9. The summed E-state index contributed by atoms with van der Waals surface area (Å²) in [4.78, 5) is 12.0. The van der Waals surface area contributed by atoms with Crippen molar-refractivity contribution in [3.63, 3.8) is 0 Å². The lowest BCUT2D eigenvalue weighted by atomic mass is 9.76. The molecule has 0 bridgehead atoms. The zero-order valence-corrected chi connectivity index (χ0v) is 16.1. The van der Waals surface area contributed by atoms with E-state index >= 15 is 0 Å². The number of carbonyl (C=O) groups is 1. The lowest BCUT2D eigenvalue weighted by Crippen LogP contribution is -2.18. The normalized spacial score (nSPS) is 12.3. The second-order valence-electron chi connectivity index (χ2n) is 7.24. The van der Waals surface area contributed by atoms with E-state index in [0.29, 0.717) is 6.42 Å². The van der Waals surface area contributed by atoms with Crippen LogP contribution in [0.2, 0.25) is 0 Å². The van der Waals surface area contributed by atoms with E-state index in [1.54, 1.807) is 11.6 Å². The van der Waals surface area contributed by atoms with Gasteiger partial charge < -0.3 is 4.79 Å². The molecule has 2 aromatic carbocycles. The van der Waals surface area contributed by atoms with E-state index in [9.17, 15) is 4.79 Å². The molecular formula is C23H27N3O. The number of ketones is 1. The van der Waals surface area contributed by atoms with E-state index in [0.717, 1.165) is 25.0 Å². The summed E-state index contributed by atoms with van der Waals surface area (Å²) in [5, 5.41) is 8.19. The fourth-order valence-electron chi connectivity index (χ4n) is 3.87. The standard InChI is InChI=1S/C23H27N3O/c1-18(27)16-21(14-9-15-22-17-26(2)25-24-22)23(19-10-5-3-6-11-19)20-12-7-4-8-13-20/h3-8,10-13,17,21,23H,9,14-16H2,1-2H3. The van der Waals surface area contributed by atoms with Gasteiger partial charge in [0.1, 0.15) is 5.78 Å². The summed E-state index contributed by atoms with van der Waals surface area (Å²) in [7, 11) is 1.88. The van der Waals surface area contributed by atoms with Gasteiger partial charge in [-0.1, -0.05) is 65.9 Å². The predicted molar refractivity (Wildman–Crippen MR) is 107 cm³/mol. The minimum absolute atomic E-state index is 0.221. The Morgan fingerprint density at radius 3 is 2.07 bits per heavy atom. The molecule has 3 aromatic rings. The first kappa shape index (κ1) is 19.0. The molecule has 0 radical (unpaired) electrons. The number of nitrogens with zero attached hydrogens (tertiary/aromatic N) is 3. The van der Waals surface area contributed by atoms with E-state index in [2.05, 4.69) is 58.8 Å². The molecule has 140 valence electrons. The zero-order chi connectivity index (χ0) is 19.1. The average molecular weight is 361 g/mol. The van der Waals surface area contributed by atoms with Gasteiger partial charge in [0.15, 0.2) is 0 Å². The van der Waals surface area contributed by atoms with Crippen LogP contribution in [0, 0.1) is 5.92 Å². The Morgan fingerprint density at radius 1 is 1.00 bits per heavy atom. The third kappa shape index (κ3) is 5.36. The Kier molecular flexibility index (Phi) is 6.53. The van der Waals surface area contributed by atoms with Crippen LogP contribution in [0.4, 0.5) is 0 Å². The molecule has 0 saturated carbocycles. The second kappa shape index (κ2) is 9.26. The summed E-state index contributed by atoms with van der Waals surface area (Å²) in [5.74, 6) is 0.735. The van der Waals surface area contributed by atoms with Gasteiger partial charge in [0.05, 0.1) is 5.69 Å². The summed E-state index contributed by atoms with van der Waals surface area (Å²) in [6.45, 7) is 1.70. The molecule has 1 aromatic heterocycles. The molecule has 0 spiro atoms. The molecule has 0 aliphatic rings. The number of benzene rings is 2. The Hall–Kier alpha value is -2.75. The van der Waals surface area contributed by atoms with Crippen LogP contribution >= 0.6 is 0 Å². The highest BCUT2D eigenvalue weighted by atomic mass is 16.1. The lowest BCUT2D eigenvalue weighted by molar-refractivity contribution is -0.118. The quantitative estimate of drug-likeness (QED) is 0.561. The van der Waals surface area contributed by atoms with Crippen molar-refractivity contribution in [3.8, 4) is 0 Å². The van der Waals surface area contributed by atoms with Gasteiger partial charge in [-0.2, -0.15) is 0 Å². The summed E-state index contributed by atoms with van der Waals surface area (Å²) in [6, 6.07) is 21.1. The van der Waals surface area contributed by atoms with E-state index < -0.39 is 0 Å². The second-order valence-corrected chi connectivity index (χ2v) is 7.24. The Morgan fingerprint density at radius 2 is 1.59 bits per heavy atom. The Balaban J connectivity index is 1.82. The molecule has 27 heavy (non-hydrogen) atoms. The van der Waals surface area contributed by atoms with Gasteiger partial charge in [-0.05, 0) is 43.2 Å². The van der Waals surface area contributed by atoms with Crippen LogP contribution < -0.4 is 0 Å². The molecule has 0 N–H and O–H groups in total. The number of aromatic nitrogens is 3. The zero-order valence-electron chi connectivity index (χ0n) is 16.1. The van der Waals surface area contributed by atoms with Gasteiger partial charge in [-0.15, -0.1) is 5.10 Å². The summed E-state index contributed by atoms with van der Waals surface area (Å²) >= 11 is 0. The molecule has 4 nitrogen and oxygen atoms in total. The van der Waals surface area contributed by atoms with Crippen LogP contribution in [-0.4, -0.2) is 20.8 Å². The van der Waals surface area contributed by atoms with Crippen molar-refractivity contribution in [3.05, 3.63) is 83.7 Å². The molecule has 4 heteroatoms. The first-order valence-electron chi connectivity index (χ1n) is 9.58. The highest BCUT2D eigenvalue weighted by molar-refractivity contribution is 5.76. The number of Topliss-reactive ketones (excluding diaryl/α,β-unsaturated/α-hetero) is 1. The Labute approximate surface area is 161 Å². The van der Waals surface area contributed by atoms with Crippen LogP contribution in [-0.2, 0) is 18.3 Å². The maximum absolute atomic E-state index is 12.0. The van der Waals surface area contributed by atoms with Crippen molar-refractivity contribution in [1.29, 1.82) is 0 Å². The third-order valence-corrected chi connectivity index (χ3v) is 5.00. The van der Waals surface area contributed by atoms with E-state index in [4.69, 9.17) is 0 Å². The van der Waals surface area contributed by atoms with E-state index in [1.165, 1.54) is 11.1 Å². The molecule has 0 aliphatic carbocycles. The van der Waals surface area contributed by atoms with Gasteiger partial charge in [0.2, 0.25) is 0 Å². The van der Waals surface area contributed by atoms with Crippen LogP contribution in [0.5, 0.6) is 0 Å². The topological polar surface area (TPSA) is 47.8 Å². The van der Waals surface area contributed by atoms with Crippen molar-refractivity contribution in [2.45, 2.75) is 38.5 Å². The summed E-state index contributed by atoms with van der Waals surface area (Å²) in [5.41, 5.74) is 3.55. The monoisotopic (exact) mass is 361 g/mol. The SMILES string of the molecule is CC(=O)CC(CCCc1cn(C)nn1)C(c1ccccc1)c1ccccc1. The van der Waals surface area contributed by atoms with Crippen molar-refractivity contribution in [1.82, 2.24) is 15.0 Å². The number of aryl methyl sites for hydroxylation is 2. The molecule has 0 saturated heterocycles. The molecular weight excluding hydrogens is 334 g/mol. The van der Waals surface area contributed by atoms with Gasteiger partial charge >= 0.3 is 0 Å². The smallest absolute Gasteiger partial charge is 0.130 e. The first-order valence-corrected chi connectivity index (χ1v) is 9.58. The highest BCUT2D eigenvalue weighted by Crippen LogP contribution is 2.37. The molecule has 1 unspecified atom stereocenters. The molecule has 0 aliphatic heterocycles.